The van der Waals surface area contributed by atoms with Gasteiger partial charge in [0.1, 0.15) is 12.8 Å². The van der Waals surface area contributed by atoms with Crippen LogP contribution in [0.15, 0.2) is 0 Å². The van der Waals surface area contributed by atoms with E-state index in [4.69, 9.17) is 9.47 Å². The van der Waals surface area contributed by atoms with Gasteiger partial charge >= 0.3 is 0 Å². The largest absolute Gasteiger partial charge is 0.390 e. The second-order valence-corrected chi connectivity index (χ2v) is 8.39. The molecule has 2 spiro atoms. The molecule has 120 valence electrons. The highest BCUT2D eigenvalue weighted by atomic mass is 16.6. The molecule has 6 fully saturated rings. The van der Waals surface area contributed by atoms with Crippen LogP contribution in [0.4, 0.5) is 0 Å². The van der Waals surface area contributed by atoms with Gasteiger partial charge in [0.25, 0.3) is 0 Å². The number of hydrogen-bond donors (Lipinski definition) is 1. The van der Waals surface area contributed by atoms with Crippen LogP contribution >= 0.6 is 0 Å². The Morgan fingerprint density at radius 3 is 3.09 bits per heavy atom. The second kappa shape index (κ2) is 3.77. The molecule has 6 aliphatic rings. The Hall–Kier alpha value is -0.490. The molecular formula is C17H23NO4. The lowest BCUT2D eigenvalue weighted by Crippen LogP contribution is -2.74. The molecule has 0 aromatic heterocycles. The van der Waals surface area contributed by atoms with Crippen molar-refractivity contribution in [2.45, 2.75) is 68.5 Å². The molecule has 5 unspecified atom stereocenters. The number of ether oxygens (including phenoxy) is 2. The Bertz CT molecular complexity index is 567. The summed E-state index contributed by atoms with van der Waals surface area (Å²) < 4.78 is 12.8. The van der Waals surface area contributed by atoms with E-state index in [2.05, 4.69) is 4.90 Å². The number of aliphatic hydroxyl groups excluding tert-OH is 1. The fourth-order valence-corrected chi connectivity index (χ4v) is 7.43. The maximum atomic E-state index is 12.7. The van der Waals surface area contributed by atoms with E-state index >= 15 is 0 Å². The molecule has 4 bridgehead atoms. The predicted molar refractivity (Wildman–Crippen MR) is 76.0 cm³/mol. The van der Waals surface area contributed by atoms with Gasteiger partial charge in [-0.05, 0) is 38.0 Å². The second-order valence-electron chi connectivity index (χ2n) is 8.39. The fourth-order valence-electron chi connectivity index (χ4n) is 7.43. The van der Waals surface area contributed by atoms with Crippen LogP contribution in [0.1, 0.15) is 38.5 Å². The van der Waals surface area contributed by atoms with Crippen molar-refractivity contribution >= 4 is 5.78 Å². The van der Waals surface area contributed by atoms with Crippen molar-refractivity contribution in [3.8, 4) is 0 Å². The quantitative estimate of drug-likeness (QED) is 0.714. The zero-order chi connectivity index (χ0) is 14.7. The van der Waals surface area contributed by atoms with Gasteiger partial charge in [-0.15, -0.1) is 0 Å². The minimum absolute atomic E-state index is 0.139. The number of ketones is 1. The molecule has 0 amide bonds. The normalized spacial score (nSPS) is 64.6. The van der Waals surface area contributed by atoms with Gasteiger partial charge in [-0.1, -0.05) is 0 Å². The number of carbonyl (C=O) groups is 1. The smallest absolute Gasteiger partial charge is 0.162 e. The number of rotatable bonds is 0. The van der Waals surface area contributed by atoms with E-state index in [1.54, 1.807) is 0 Å². The van der Waals surface area contributed by atoms with Crippen LogP contribution in [0.3, 0.4) is 0 Å². The third kappa shape index (κ3) is 1.11. The average Bonchev–Trinajstić information content (AvgIpc) is 2.97. The van der Waals surface area contributed by atoms with Gasteiger partial charge in [-0.3, -0.25) is 9.69 Å². The van der Waals surface area contributed by atoms with Crippen LogP contribution in [0.5, 0.6) is 0 Å². The first-order valence-corrected chi connectivity index (χ1v) is 8.92. The highest BCUT2D eigenvalue weighted by molar-refractivity contribution is 5.86. The van der Waals surface area contributed by atoms with Gasteiger partial charge in [-0.25, -0.2) is 0 Å². The Balaban J connectivity index is 1.60. The van der Waals surface area contributed by atoms with E-state index in [0.29, 0.717) is 24.3 Å². The average molecular weight is 305 g/mol. The topological polar surface area (TPSA) is 59.0 Å². The van der Waals surface area contributed by atoms with E-state index in [0.717, 1.165) is 39.0 Å². The summed E-state index contributed by atoms with van der Waals surface area (Å²) in [7, 11) is 0. The molecule has 3 saturated carbocycles. The van der Waals surface area contributed by atoms with E-state index in [-0.39, 0.29) is 29.0 Å². The van der Waals surface area contributed by atoms with Crippen LogP contribution in [0.25, 0.3) is 0 Å². The summed E-state index contributed by atoms with van der Waals surface area (Å²) in [6.45, 7) is 1.74. The molecule has 5 nitrogen and oxygen atoms in total. The summed E-state index contributed by atoms with van der Waals surface area (Å²) in [5, 5.41) is 10.5. The van der Waals surface area contributed by atoms with Gasteiger partial charge < -0.3 is 14.6 Å². The van der Waals surface area contributed by atoms with Crippen molar-refractivity contribution in [2.24, 2.45) is 17.3 Å². The fraction of sp³-hybridized carbons (Fsp3) is 0.941. The first-order valence-electron chi connectivity index (χ1n) is 8.92. The Labute approximate surface area is 129 Å². The van der Waals surface area contributed by atoms with E-state index in [1.165, 1.54) is 6.42 Å². The summed E-state index contributed by atoms with van der Waals surface area (Å²) >= 11 is 0. The lowest BCUT2D eigenvalue weighted by Gasteiger charge is -2.64. The van der Waals surface area contributed by atoms with Gasteiger partial charge in [0, 0.05) is 30.3 Å². The summed E-state index contributed by atoms with van der Waals surface area (Å²) in [4.78, 5) is 15.2. The lowest BCUT2D eigenvalue weighted by atomic mass is 9.43. The van der Waals surface area contributed by atoms with Gasteiger partial charge in [-0.2, -0.15) is 0 Å². The molecule has 9 atom stereocenters. The zero-order valence-corrected chi connectivity index (χ0v) is 12.7. The summed E-state index contributed by atoms with van der Waals surface area (Å²) in [5.74, 6) is 1.17. The Morgan fingerprint density at radius 1 is 1.27 bits per heavy atom. The maximum absolute atomic E-state index is 12.7. The Kier molecular flexibility index (Phi) is 2.21. The van der Waals surface area contributed by atoms with Crippen molar-refractivity contribution in [2.75, 3.05) is 13.3 Å². The molecule has 22 heavy (non-hydrogen) atoms. The number of nitrogens with zero attached hydrogens (tertiary/aromatic N) is 1. The third-order valence-corrected chi connectivity index (χ3v) is 8.06. The Morgan fingerprint density at radius 2 is 2.18 bits per heavy atom. The van der Waals surface area contributed by atoms with Gasteiger partial charge in [0.05, 0.1) is 17.8 Å². The molecule has 6 rings (SSSR count). The molecule has 5 heteroatoms. The first kappa shape index (κ1) is 12.9. The van der Waals surface area contributed by atoms with E-state index in [9.17, 15) is 9.90 Å². The summed E-state index contributed by atoms with van der Waals surface area (Å²) in [6, 6.07) is 0.468. The van der Waals surface area contributed by atoms with Crippen LogP contribution in [0.2, 0.25) is 0 Å². The molecule has 3 heterocycles. The monoisotopic (exact) mass is 305 g/mol. The van der Waals surface area contributed by atoms with Crippen molar-refractivity contribution in [1.82, 2.24) is 4.90 Å². The molecule has 3 saturated heterocycles. The molecular weight excluding hydrogens is 282 g/mol. The number of carbonyl (C=O) groups excluding carboxylic acids is 1. The minimum Gasteiger partial charge on any atom is -0.390 e. The van der Waals surface area contributed by atoms with Gasteiger partial charge in [0.15, 0.2) is 5.78 Å². The maximum Gasteiger partial charge on any atom is 0.162 e. The van der Waals surface area contributed by atoms with Crippen molar-refractivity contribution in [3.63, 3.8) is 0 Å². The van der Waals surface area contributed by atoms with Gasteiger partial charge in [0.2, 0.25) is 0 Å². The molecule has 3 aliphatic heterocycles. The van der Waals surface area contributed by atoms with Crippen LogP contribution < -0.4 is 0 Å². The van der Waals surface area contributed by atoms with Crippen molar-refractivity contribution in [3.05, 3.63) is 0 Å². The molecule has 3 aliphatic carbocycles. The van der Waals surface area contributed by atoms with E-state index < -0.39 is 6.10 Å². The van der Waals surface area contributed by atoms with E-state index in [1.807, 2.05) is 0 Å². The zero-order valence-electron chi connectivity index (χ0n) is 12.7. The van der Waals surface area contributed by atoms with Crippen LogP contribution in [-0.2, 0) is 14.3 Å². The highest BCUT2D eigenvalue weighted by Gasteiger charge is 2.80. The van der Waals surface area contributed by atoms with Crippen LogP contribution in [0, 0.1) is 17.3 Å². The number of Topliss-reactive ketones (excluding diaryl/α,β-unsaturated/α-hetero) is 1. The molecule has 0 radical (unpaired) electrons. The lowest BCUT2D eigenvalue weighted by molar-refractivity contribution is -0.211. The standard InChI is InChI=1S/C17H23NO4/c19-10-2-1-9-7-12-17-4-3-11(20)15-16(17,13(9)14(10)22-15)5-6-18(12)8-21-17/h9-10,12-15,19H,1-8H2/t9?,10?,12-,13?,14?,15+,16+,17-/m1/s1. The first-order chi connectivity index (χ1) is 10.7. The molecule has 0 aromatic rings. The van der Waals surface area contributed by atoms with Crippen molar-refractivity contribution in [1.29, 1.82) is 0 Å². The summed E-state index contributed by atoms with van der Waals surface area (Å²) in [6.07, 6.45) is 4.65. The van der Waals surface area contributed by atoms with Crippen molar-refractivity contribution < 1.29 is 19.4 Å². The molecule has 1 N–H and O–H groups in total. The minimum atomic E-state index is -0.401. The highest BCUT2D eigenvalue weighted by Crippen LogP contribution is 2.71. The SMILES string of the molecule is O=C1CC[C@]23OCN4CC[C@@]25C2C(CCC(O)C2O[C@@H]15)C[C@@H]43. The number of aliphatic hydroxyl groups is 1. The third-order valence-electron chi connectivity index (χ3n) is 8.06. The predicted octanol–water partition coefficient (Wildman–Crippen LogP) is 0.695. The summed E-state index contributed by atoms with van der Waals surface area (Å²) in [5.41, 5.74) is -0.341. The van der Waals surface area contributed by atoms with Crippen LogP contribution in [-0.4, -0.2) is 59.0 Å². The number of hydrogen-bond acceptors (Lipinski definition) is 5. The number of piperidine rings is 1. The molecule has 0 aromatic carbocycles.